The molecular formula is C11H8BrNO3. The second kappa shape index (κ2) is 5.42. The van der Waals surface area contributed by atoms with Gasteiger partial charge < -0.3 is 4.74 Å². The highest BCUT2D eigenvalue weighted by Gasteiger charge is 2.11. The lowest BCUT2D eigenvalue weighted by Crippen LogP contribution is -2.06. The average Bonchev–Trinajstić information content (AvgIpc) is 2.29. The summed E-state index contributed by atoms with van der Waals surface area (Å²) in [7, 11) is 1.28. The number of halogens is 1. The molecule has 5 heteroatoms. The molecule has 1 aromatic rings. The molecule has 0 aromatic heterocycles. The SMILES string of the molecule is COC(=O)Cc1cc(Br)c(C=O)cc1C#N. The first-order valence-corrected chi connectivity index (χ1v) is 5.16. The van der Waals surface area contributed by atoms with E-state index < -0.39 is 5.97 Å². The van der Waals surface area contributed by atoms with Crippen molar-refractivity contribution in [1.29, 1.82) is 5.26 Å². The molecule has 0 atom stereocenters. The van der Waals surface area contributed by atoms with Crippen LogP contribution in [0.3, 0.4) is 0 Å². The molecule has 0 radical (unpaired) electrons. The Morgan fingerprint density at radius 1 is 1.62 bits per heavy atom. The fourth-order valence-electron chi connectivity index (χ4n) is 1.20. The number of nitriles is 1. The number of rotatable bonds is 3. The normalized spacial score (nSPS) is 9.31. The molecule has 0 saturated carbocycles. The maximum atomic E-state index is 11.1. The van der Waals surface area contributed by atoms with Crippen LogP contribution in [-0.4, -0.2) is 19.4 Å². The van der Waals surface area contributed by atoms with Crippen LogP contribution in [0.1, 0.15) is 21.5 Å². The van der Waals surface area contributed by atoms with E-state index in [0.717, 1.165) is 0 Å². The molecule has 0 aliphatic rings. The third kappa shape index (κ3) is 2.67. The number of benzene rings is 1. The van der Waals surface area contributed by atoms with Gasteiger partial charge in [-0.1, -0.05) is 15.9 Å². The van der Waals surface area contributed by atoms with Crippen LogP contribution in [0, 0.1) is 11.3 Å². The van der Waals surface area contributed by atoms with Gasteiger partial charge in [0.25, 0.3) is 0 Å². The third-order valence-corrected chi connectivity index (χ3v) is 2.72. The Balaban J connectivity index is 3.19. The van der Waals surface area contributed by atoms with Crippen molar-refractivity contribution in [3.05, 3.63) is 33.3 Å². The summed E-state index contributed by atoms with van der Waals surface area (Å²) in [5.74, 6) is -0.428. The van der Waals surface area contributed by atoms with Gasteiger partial charge in [0.05, 0.1) is 25.2 Å². The number of carbonyl (C=O) groups is 2. The van der Waals surface area contributed by atoms with Gasteiger partial charge in [0, 0.05) is 10.0 Å². The molecule has 0 spiro atoms. The molecule has 0 heterocycles. The zero-order chi connectivity index (χ0) is 12.1. The van der Waals surface area contributed by atoms with E-state index in [9.17, 15) is 9.59 Å². The van der Waals surface area contributed by atoms with Gasteiger partial charge in [-0.05, 0) is 17.7 Å². The number of ether oxygens (including phenoxy) is 1. The van der Waals surface area contributed by atoms with Gasteiger partial charge >= 0.3 is 5.97 Å². The van der Waals surface area contributed by atoms with Crippen LogP contribution >= 0.6 is 15.9 Å². The maximum Gasteiger partial charge on any atom is 0.310 e. The van der Waals surface area contributed by atoms with Crippen molar-refractivity contribution in [3.63, 3.8) is 0 Å². The first-order valence-electron chi connectivity index (χ1n) is 4.37. The number of aldehydes is 1. The summed E-state index contributed by atoms with van der Waals surface area (Å²) in [6.45, 7) is 0. The maximum absolute atomic E-state index is 11.1. The lowest BCUT2D eigenvalue weighted by atomic mass is 10.0. The van der Waals surface area contributed by atoms with E-state index in [2.05, 4.69) is 20.7 Å². The fourth-order valence-corrected chi connectivity index (χ4v) is 1.68. The van der Waals surface area contributed by atoms with E-state index in [1.807, 2.05) is 6.07 Å². The van der Waals surface area contributed by atoms with Gasteiger partial charge in [0.15, 0.2) is 6.29 Å². The fraction of sp³-hybridized carbons (Fsp3) is 0.182. The van der Waals surface area contributed by atoms with Crippen LogP contribution < -0.4 is 0 Å². The zero-order valence-electron chi connectivity index (χ0n) is 8.49. The topological polar surface area (TPSA) is 67.2 Å². The van der Waals surface area contributed by atoms with Crippen LogP contribution in [-0.2, 0) is 16.0 Å². The number of methoxy groups -OCH3 is 1. The van der Waals surface area contributed by atoms with Crippen molar-refractivity contribution < 1.29 is 14.3 Å². The molecule has 0 fully saturated rings. The van der Waals surface area contributed by atoms with Crippen molar-refractivity contribution >= 4 is 28.2 Å². The quantitative estimate of drug-likeness (QED) is 0.626. The Morgan fingerprint density at radius 2 is 2.31 bits per heavy atom. The molecule has 0 bridgehead atoms. The standard InChI is InChI=1S/C11H8BrNO3/c1-16-11(15)4-7-3-10(12)9(6-14)2-8(7)5-13/h2-3,6H,4H2,1H3. The van der Waals surface area contributed by atoms with E-state index in [0.29, 0.717) is 27.4 Å². The van der Waals surface area contributed by atoms with Crippen LogP contribution in [0.5, 0.6) is 0 Å². The van der Waals surface area contributed by atoms with Crippen LogP contribution in [0.2, 0.25) is 0 Å². The number of hydrogen-bond donors (Lipinski definition) is 0. The van der Waals surface area contributed by atoms with Crippen molar-refractivity contribution in [2.24, 2.45) is 0 Å². The second-order valence-corrected chi connectivity index (χ2v) is 3.87. The number of nitrogens with zero attached hydrogens (tertiary/aromatic N) is 1. The minimum atomic E-state index is -0.428. The Kier molecular flexibility index (Phi) is 4.20. The first-order chi connectivity index (χ1) is 7.62. The van der Waals surface area contributed by atoms with Crippen LogP contribution in [0.25, 0.3) is 0 Å². The summed E-state index contributed by atoms with van der Waals surface area (Å²) in [5, 5.41) is 8.88. The zero-order valence-corrected chi connectivity index (χ0v) is 10.1. The lowest BCUT2D eigenvalue weighted by Gasteiger charge is -2.05. The Labute approximate surface area is 101 Å². The molecule has 82 valence electrons. The third-order valence-electron chi connectivity index (χ3n) is 2.03. The summed E-state index contributed by atoms with van der Waals surface area (Å²) < 4.78 is 5.07. The minimum Gasteiger partial charge on any atom is -0.469 e. The summed E-state index contributed by atoms with van der Waals surface area (Å²) in [6, 6.07) is 4.96. The molecule has 0 N–H and O–H groups in total. The molecule has 0 saturated heterocycles. The molecule has 1 rings (SSSR count). The molecule has 4 nitrogen and oxygen atoms in total. The minimum absolute atomic E-state index is 0.0110. The van der Waals surface area contributed by atoms with E-state index in [4.69, 9.17) is 5.26 Å². The number of esters is 1. The van der Waals surface area contributed by atoms with Crippen molar-refractivity contribution in [1.82, 2.24) is 0 Å². The second-order valence-electron chi connectivity index (χ2n) is 3.01. The van der Waals surface area contributed by atoms with Crippen molar-refractivity contribution in [2.75, 3.05) is 7.11 Å². The highest BCUT2D eigenvalue weighted by atomic mass is 79.9. The van der Waals surface area contributed by atoms with Gasteiger partial charge in [-0.15, -0.1) is 0 Å². The van der Waals surface area contributed by atoms with E-state index >= 15 is 0 Å². The molecule has 0 unspecified atom stereocenters. The molecule has 1 aromatic carbocycles. The highest BCUT2D eigenvalue weighted by Crippen LogP contribution is 2.21. The van der Waals surface area contributed by atoms with Crippen molar-refractivity contribution in [3.8, 4) is 6.07 Å². The molecule has 0 aliphatic heterocycles. The predicted molar refractivity (Wildman–Crippen MR) is 60.0 cm³/mol. The number of carbonyl (C=O) groups excluding carboxylic acids is 2. The molecule has 0 aliphatic carbocycles. The van der Waals surface area contributed by atoms with Gasteiger partial charge in [0.1, 0.15) is 0 Å². The predicted octanol–water partition coefficient (Wildman–Crippen LogP) is 1.85. The molecular weight excluding hydrogens is 274 g/mol. The van der Waals surface area contributed by atoms with Crippen molar-refractivity contribution in [2.45, 2.75) is 6.42 Å². The van der Waals surface area contributed by atoms with Gasteiger partial charge in [-0.2, -0.15) is 5.26 Å². The largest absolute Gasteiger partial charge is 0.469 e. The van der Waals surface area contributed by atoms with Gasteiger partial charge in [-0.3, -0.25) is 9.59 Å². The molecule has 16 heavy (non-hydrogen) atoms. The Morgan fingerprint density at radius 3 is 2.81 bits per heavy atom. The van der Waals surface area contributed by atoms with Gasteiger partial charge in [-0.25, -0.2) is 0 Å². The summed E-state index contributed by atoms with van der Waals surface area (Å²) in [6.07, 6.45) is 0.657. The van der Waals surface area contributed by atoms with E-state index in [1.165, 1.54) is 13.2 Å². The van der Waals surface area contributed by atoms with E-state index in [-0.39, 0.29) is 6.42 Å². The Hall–Kier alpha value is -1.67. The monoisotopic (exact) mass is 281 g/mol. The first kappa shape index (κ1) is 12.4. The Bertz CT molecular complexity index is 477. The average molecular weight is 282 g/mol. The molecule has 0 amide bonds. The highest BCUT2D eigenvalue weighted by molar-refractivity contribution is 9.10. The van der Waals surface area contributed by atoms with E-state index in [1.54, 1.807) is 6.07 Å². The lowest BCUT2D eigenvalue weighted by molar-refractivity contribution is -0.139. The summed E-state index contributed by atoms with van der Waals surface area (Å²) >= 11 is 3.19. The van der Waals surface area contributed by atoms with Crippen LogP contribution in [0.4, 0.5) is 0 Å². The smallest absolute Gasteiger partial charge is 0.310 e. The summed E-state index contributed by atoms with van der Waals surface area (Å²) in [5.41, 5.74) is 1.22. The summed E-state index contributed by atoms with van der Waals surface area (Å²) in [4.78, 5) is 21.8. The van der Waals surface area contributed by atoms with Gasteiger partial charge in [0.2, 0.25) is 0 Å². The van der Waals surface area contributed by atoms with Crippen LogP contribution in [0.15, 0.2) is 16.6 Å². The number of hydrogen-bond acceptors (Lipinski definition) is 4.